The number of hydrogen-bond acceptors (Lipinski definition) is 4. The zero-order valence-electron chi connectivity index (χ0n) is 17.9. The first-order valence-electron chi connectivity index (χ1n) is 10.8. The van der Waals surface area contributed by atoms with Crippen molar-refractivity contribution in [3.63, 3.8) is 0 Å². The molecule has 0 spiro atoms. The maximum absolute atomic E-state index is 12.9. The molecule has 7 nitrogen and oxygen atoms in total. The summed E-state index contributed by atoms with van der Waals surface area (Å²) < 4.78 is 0. The SMILES string of the molecule is Cc1ccc(C(=O)Nc2cc3[nH]c(=O)[nH]c3cc2N2CCN(c3ccccc3)CC2)cc1. The highest BCUT2D eigenvalue weighted by atomic mass is 16.2. The Bertz CT molecular complexity index is 1300. The third-order valence-corrected chi connectivity index (χ3v) is 5.94. The van der Waals surface area contributed by atoms with Gasteiger partial charge < -0.3 is 25.1 Å². The molecule has 32 heavy (non-hydrogen) atoms. The number of rotatable bonds is 4. The van der Waals surface area contributed by atoms with Gasteiger partial charge in [-0.2, -0.15) is 0 Å². The van der Waals surface area contributed by atoms with Crippen molar-refractivity contribution in [1.29, 1.82) is 0 Å². The summed E-state index contributed by atoms with van der Waals surface area (Å²) in [6.45, 7) is 5.35. The first-order valence-corrected chi connectivity index (χ1v) is 10.8. The highest BCUT2D eigenvalue weighted by Gasteiger charge is 2.21. The van der Waals surface area contributed by atoms with Crippen molar-refractivity contribution >= 4 is 34.0 Å². The highest BCUT2D eigenvalue weighted by Crippen LogP contribution is 2.31. The van der Waals surface area contributed by atoms with Crippen LogP contribution in [0.1, 0.15) is 15.9 Å². The Hall–Kier alpha value is -4.00. The quantitative estimate of drug-likeness (QED) is 0.463. The number of benzene rings is 3. The molecule has 0 unspecified atom stereocenters. The monoisotopic (exact) mass is 427 g/mol. The molecule has 1 saturated heterocycles. The first-order chi connectivity index (χ1) is 15.6. The lowest BCUT2D eigenvalue weighted by Crippen LogP contribution is -2.46. The van der Waals surface area contributed by atoms with E-state index in [9.17, 15) is 9.59 Å². The number of aryl methyl sites for hydroxylation is 1. The zero-order chi connectivity index (χ0) is 22.1. The van der Waals surface area contributed by atoms with E-state index in [2.05, 4.69) is 49.4 Å². The molecule has 1 aliphatic rings. The second-order valence-electron chi connectivity index (χ2n) is 8.12. The molecule has 1 aliphatic heterocycles. The molecular weight excluding hydrogens is 402 g/mol. The Labute approximate surface area is 185 Å². The average molecular weight is 428 g/mol. The van der Waals surface area contributed by atoms with Gasteiger partial charge in [0.1, 0.15) is 0 Å². The van der Waals surface area contributed by atoms with Crippen molar-refractivity contribution in [2.45, 2.75) is 6.92 Å². The lowest BCUT2D eigenvalue weighted by atomic mass is 10.1. The van der Waals surface area contributed by atoms with Gasteiger partial charge in [0.25, 0.3) is 5.91 Å². The largest absolute Gasteiger partial charge is 0.368 e. The van der Waals surface area contributed by atoms with E-state index in [0.29, 0.717) is 16.8 Å². The van der Waals surface area contributed by atoms with E-state index in [4.69, 9.17) is 0 Å². The van der Waals surface area contributed by atoms with Crippen LogP contribution in [0, 0.1) is 6.92 Å². The molecule has 0 saturated carbocycles. The highest BCUT2D eigenvalue weighted by molar-refractivity contribution is 6.07. The molecule has 3 N–H and O–H groups in total. The van der Waals surface area contributed by atoms with E-state index in [1.54, 1.807) is 0 Å². The van der Waals surface area contributed by atoms with Crippen LogP contribution in [0.15, 0.2) is 71.5 Å². The van der Waals surface area contributed by atoms with Crippen LogP contribution in [-0.2, 0) is 0 Å². The molecule has 1 aromatic heterocycles. The number of piperazine rings is 1. The van der Waals surface area contributed by atoms with Crippen LogP contribution in [0.4, 0.5) is 17.1 Å². The normalized spacial score (nSPS) is 14.0. The van der Waals surface area contributed by atoms with E-state index in [0.717, 1.165) is 42.9 Å². The second-order valence-corrected chi connectivity index (χ2v) is 8.12. The van der Waals surface area contributed by atoms with Crippen LogP contribution in [-0.4, -0.2) is 42.1 Å². The molecule has 0 atom stereocenters. The lowest BCUT2D eigenvalue weighted by molar-refractivity contribution is 0.102. The molecule has 1 fully saturated rings. The van der Waals surface area contributed by atoms with Crippen LogP contribution >= 0.6 is 0 Å². The molecular formula is C25H25N5O2. The maximum atomic E-state index is 12.9. The van der Waals surface area contributed by atoms with Crippen LogP contribution in [0.2, 0.25) is 0 Å². The standard InChI is InChI=1S/C25H25N5O2/c1-17-7-9-18(10-8-17)24(31)26-22-15-20-21(28-25(32)27-20)16-23(22)30-13-11-29(12-14-30)19-5-3-2-4-6-19/h2-10,15-16H,11-14H2,1H3,(H,26,31)(H2,27,28,32). The number of para-hydroxylation sites is 1. The number of fused-ring (bicyclic) bond motifs is 1. The molecule has 5 rings (SSSR count). The lowest BCUT2D eigenvalue weighted by Gasteiger charge is -2.38. The molecule has 2 heterocycles. The minimum absolute atomic E-state index is 0.175. The minimum Gasteiger partial charge on any atom is -0.368 e. The molecule has 3 aromatic carbocycles. The van der Waals surface area contributed by atoms with E-state index < -0.39 is 0 Å². The van der Waals surface area contributed by atoms with Gasteiger partial charge in [-0.3, -0.25) is 4.79 Å². The van der Waals surface area contributed by atoms with Crippen molar-refractivity contribution in [2.75, 3.05) is 41.3 Å². The average Bonchev–Trinajstić information content (AvgIpc) is 3.18. The van der Waals surface area contributed by atoms with Gasteiger partial charge in [-0.1, -0.05) is 35.9 Å². The van der Waals surface area contributed by atoms with Crippen LogP contribution < -0.4 is 20.8 Å². The topological polar surface area (TPSA) is 84.2 Å². The molecule has 162 valence electrons. The summed E-state index contributed by atoms with van der Waals surface area (Å²) in [6.07, 6.45) is 0. The Kier molecular flexibility index (Phi) is 5.15. The first kappa shape index (κ1) is 19.9. The summed E-state index contributed by atoms with van der Waals surface area (Å²) >= 11 is 0. The van der Waals surface area contributed by atoms with Gasteiger partial charge in [-0.15, -0.1) is 0 Å². The molecule has 0 radical (unpaired) electrons. The fourth-order valence-corrected chi connectivity index (χ4v) is 4.18. The van der Waals surface area contributed by atoms with Crippen molar-refractivity contribution in [1.82, 2.24) is 9.97 Å². The third-order valence-electron chi connectivity index (χ3n) is 5.94. The van der Waals surface area contributed by atoms with Gasteiger partial charge in [0.15, 0.2) is 0 Å². The Morgan fingerprint density at radius 3 is 2.16 bits per heavy atom. The van der Waals surface area contributed by atoms with Gasteiger partial charge in [-0.25, -0.2) is 4.79 Å². The van der Waals surface area contributed by atoms with Crippen molar-refractivity contribution in [3.05, 3.63) is 88.3 Å². The van der Waals surface area contributed by atoms with Crippen molar-refractivity contribution in [2.24, 2.45) is 0 Å². The van der Waals surface area contributed by atoms with E-state index in [-0.39, 0.29) is 11.6 Å². The van der Waals surface area contributed by atoms with Gasteiger partial charge in [-0.05, 0) is 43.3 Å². The molecule has 0 aliphatic carbocycles. The van der Waals surface area contributed by atoms with Crippen molar-refractivity contribution in [3.8, 4) is 0 Å². The number of carbonyl (C=O) groups excluding carboxylic acids is 1. The number of aromatic amines is 2. The number of hydrogen-bond donors (Lipinski definition) is 3. The summed E-state index contributed by atoms with van der Waals surface area (Å²) in [5.74, 6) is -0.175. The fourth-order valence-electron chi connectivity index (χ4n) is 4.18. The Balaban J connectivity index is 1.43. The van der Waals surface area contributed by atoms with Crippen LogP contribution in [0.25, 0.3) is 11.0 Å². The van der Waals surface area contributed by atoms with Gasteiger partial charge >= 0.3 is 5.69 Å². The fraction of sp³-hybridized carbons (Fsp3) is 0.200. The van der Waals surface area contributed by atoms with Crippen LogP contribution in [0.5, 0.6) is 0 Å². The second kappa shape index (κ2) is 8.26. The summed E-state index contributed by atoms with van der Waals surface area (Å²) in [7, 11) is 0. The van der Waals surface area contributed by atoms with Gasteiger partial charge in [0.05, 0.1) is 22.4 Å². The van der Waals surface area contributed by atoms with E-state index in [1.807, 2.05) is 49.4 Å². The zero-order valence-corrected chi connectivity index (χ0v) is 17.9. The maximum Gasteiger partial charge on any atom is 0.323 e. The minimum atomic E-state index is -0.262. The number of imidazole rings is 1. The predicted octanol–water partition coefficient (Wildman–Crippen LogP) is 3.74. The smallest absolute Gasteiger partial charge is 0.323 e. The number of nitrogens with one attached hydrogen (secondary N) is 3. The Morgan fingerprint density at radius 2 is 1.47 bits per heavy atom. The third kappa shape index (κ3) is 3.97. The summed E-state index contributed by atoms with van der Waals surface area (Å²) in [5.41, 5.74) is 5.63. The van der Waals surface area contributed by atoms with E-state index >= 15 is 0 Å². The van der Waals surface area contributed by atoms with Crippen molar-refractivity contribution < 1.29 is 4.79 Å². The summed E-state index contributed by atoms with van der Waals surface area (Å²) in [5, 5.41) is 3.06. The van der Waals surface area contributed by atoms with E-state index in [1.165, 1.54) is 5.69 Å². The van der Waals surface area contributed by atoms with Gasteiger partial charge in [0, 0.05) is 37.4 Å². The predicted molar refractivity (Wildman–Crippen MR) is 129 cm³/mol. The molecule has 0 bridgehead atoms. The number of carbonyl (C=O) groups is 1. The molecule has 7 heteroatoms. The number of H-pyrrole nitrogens is 2. The van der Waals surface area contributed by atoms with Crippen LogP contribution in [0.3, 0.4) is 0 Å². The number of nitrogens with zero attached hydrogens (tertiary/aromatic N) is 2. The number of anilines is 3. The summed E-state index contributed by atoms with van der Waals surface area (Å²) in [6, 6.07) is 21.6. The van der Waals surface area contributed by atoms with Gasteiger partial charge in [0.2, 0.25) is 0 Å². The molecule has 1 amide bonds. The molecule has 4 aromatic rings. The number of aromatic nitrogens is 2. The summed E-state index contributed by atoms with van der Waals surface area (Å²) in [4.78, 5) is 35.0. The number of amides is 1. The Morgan fingerprint density at radius 1 is 0.844 bits per heavy atom.